The van der Waals surface area contributed by atoms with Crippen molar-refractivity contribution >= 4 is 5.97 Å². The number of aryl methyl sites for hydroxylation is 1. The van der Waals surface area contributed by atoms with Gasteiger partial charge in [0.1, 0.15) is 12.6 Å². The quantitative estimate of drug-likeness (QED) is 0.432. The molecule has 1 unspecified atom stereocenters. The molecule has 0 spiro atoms. The van der Waals surface area contributed by atoms with Crippen LogP contribution < -0.4 is 4.57 Å². The predicted octanol–water partition coefficient (Wildman–Crippen LogP) is 3.71. The number of pyridine rings is 1. The minimum absolute atomic E-state index is 0.0320. The zero-order valence-electron chi connectivity index (χ0n) is 12.5. The maximum Gasteiger partial charge on any atom is 0.306 e. The molecular formula is C17H26NO2+. The van der Waals surface area contributed by atoms with Crippen molar-refractivity contribution in [1.82, 2.24) is 0 Å². The number of ether oxygens (including phenoxy) is 1. The molecule has 1 aliphatic rings. The van der Waals surface area contributed by atoms with Crippen LogP contribution in [0.4, 0.5) is 0 Å². The number of esters is 1. The number of nitrogens with zero attached hydrogens (tertiary/aromatic N) is 1. The van der Waals surface area contributed by atoms with Crippen LogP contribution in [0.3, 0.4) is 0 Å². The van der Waals surface area contributed by atoms with Crippen LogP contribution in [0.1, 0.15) is 70.0 Å². The van der Waals surface area contributed by atoms with E-state index in [1.54, 1.807) is 0 Å². The first kappa shape index (κ1) is 15.0. The molecule has 0 radical (unpaired) electrons. The van der Waals surface area contributed by atoms with Crippen molar-refractivity contribution in [3.8, 4) is 0 Å². The summed E-state index contributed by atoms with van der Waals surface area (Å²) in [5.41, 5.74) is 1.13. The molecule has 0 amide bonds. The van der Waals surface area contributed by atoms with Gasteiger partial charge in [-0.25, -0.2) is 4.57 Å². The average molecular weight is 276 g/mol. The van der Waals surface area contributed by atoms with Crippen LogP contribution in [0.5, 0.6) is 0 Å². The molecule has 0 N–H and O–H groups in total. The van der Waals surface area contributed by atoms with Crippen molar-refractivity contribution in [2.45, 2.75) is 70.9 Å². The summed E-state index contributed by atoms with van der Waals surface area (Å²) in [6, 6.07) is 4.19. The summed E-state index contributed by atoms with van der Waals surface area (Å²) in [6.45, 7) is 3.32. The Morgan fingerprint density at radius 1 is 1.20 bits per heavy atom. The van der Waals surface area contributed by atoms with Crippen LogP contribution in [0.2, 0.25) is 0 Å². The van der Waals surface area contributed by atoms with E-state index in [1.807, 2.05) is 0 Å². The van der Waals surface area contributed by atoms with Crippen molar-refractivity contribution in [1.29, 1.82) is 0 Å². The van der Waals surface area contributed by atoms with Gasteiger partial charge in [-0.1, -0.05) is 26.2 Å². The first-order valence-corrected chi connectivity index (χ1v) is 7.98. The molecule has 1 fully saturated rings. The molecule has 2 heterocycles. The molecule has 110 valence electrons. The Kier molecular flexibility index (Phi) is 6.03. The molecular weight excluding hydrogens is 250 g/mol. The van der Waals surface area contributed by atoms with E-state index in [0.29, 0.717) is 6.42 Å². The van der Waals surface area contributed by atoms with Crippen LogP contribution in [0.15, 0.2) is 24.5 Å². The molecule has 2 rings (SSSR count). The van der Waals surface area contributed by atoms with E-state index in [-0.39, 0.29) is 12.1 Å². The summed E-state index contributed by atoms with van der Waals surface area (Å²) in [5.74, 6) is -0.0612. The highest BCUT2D eigenvalue weighted by atomic mass is 16.5. The molecule has 1 aromatic heterocycles. The Bertz CT molecular complexity index is 414. The first-order chi connectivity index (χ1) is 9.79. The topological polar surface area (TPSA) is 30.2 Å². The Morgan fingerprint density at radius 2 is 1.95 bits per heavy atom. The fourth-order valence-electron chi connectivity index (χ4n) is 2.67. The number of cyclic esters (lactones) is 1. The second kappa shape index (κ2) is 8.03. The number of carbonyl (C=O) groups excluding carboxylic acids is 1. The molecule has 0 aromatic carbocycles. The summed E-state index contributed by atoms with van der Waals surface area (Å²) in [5, 5.41) is 0. The zero-order valence-corrected chi connectivity index (χ0v) is 12.5. The third-order valence-electron chi connectivity index (χ3n) is 3.93. The van der Waals surface area contributed by atoms with Crippen LogP contribution in [-0.2, 0) is 16.1 Å². The van der Waals surface area contributed by atoms with Gasteiger partial charge < -0.3 is 4.74 Å². The van der Waals surface area contributed by atoms with Crippen molar-refractivity contribution in [2.24, 2.45) is 0 Å². The summed E-state index contributed by atoms with van der Waals surface area (Å²) in [4.78, 5) is 11.3. The van der Waals surface area contributed by atoms with Crippen LogP contribution in [-0.4, -0.2) is 5.97 Å². The fraction of sp³-hybridized carbons (Fsp3) is 0.647. The second-order valence-electron chi connectivity index (χ2n) is 5.65. The highest BCUT2D eigenvalue weighted by Gasteiger charge is 2.22. The van der Waals surface area contributed by atoms with E-state index >= 15 is 0 Å². The molecule has 3 nitrogen and oxygen atoms in total. The van der Waals surface area contributed by atoms with Gasteiger partial charge in [0.25, 0.3) is 0 Å². The standard InChI is InChI=1S/C17H26NO2/c1-2-3-4-5-6-12-18-13-10-15(11-14-18)16-8-7-9-17(19)20-16/h10-11,13-14,16H,2-9,12H2,1H3/q+1. The SMILES string of the molecule is CCCCCCC[n+]1ccc(C2CCCC(=O)O2)cc1. The van der Waals surface area contributed by atoms with E-state index in [0.717, 1.165) is 24.9 Å². The Morgan fingerprint density at radius 3 is 2.65 bits per heavy atom. The normalized spacial score (nSPS) is 18.9. The smallest absolute Gasteiger partial charge is 0.306 e. The Hall–Kier alpha value is -1.38. The lowest BCUT2D eigenvalue weighted by Crippen LogP contribution is -2.33. The second-order valence-corrected chi connectivity index (χ2v) is 5.65. The zero-order chi connectivity index (χ0) is 14.2. The van der Waals surface area contributed by atoms with Crippen LogP contribution in [0, 0.1) is 0 Å². The van der Waals surface area contributed by atoms with Gasteiger partial charge in [0.15, 0.2) is 12.4 Å². The molecule has 0 saturated carbocycles. The number of unbranched alkanes of at least 4 members (excludes halogenated alkanes) is 4. The van der Waals surface area contributed by atoms with Gasteiger partial charge in [0, 0.05) is 30.5 Å². The lowest BCUT2D eigenvalue weighted by Gasteiger charge is -2.21. The lowest BCUT2D eigenvalue weighted by molar-refractivity contribution is -0.697. The summed E-state index contributed by atoms with van der Waals surface area (Å²) < 4.78 is 7.61. The molecule has 20 heavy (non-hydrogen) atoms. The summed E-state index contributed by atoms with van der Waals surface area (Å²) in [7, 11) is 0. The number of hydrogen-bond acceptors (Lipinski definition) is 2. The third kappa shape index (κ3) is 4.62. The van der Waals surface area contributed by atoms with Crippen molar-refractivity contribution in [3.63, 3.8) is 0 Å². The number of hydrogen-bond donors (Lipinski definition) is 0. The highest BCUT2D eigenvalue weighted by Crippen LogP contribution is 2.27. The van der Waals surface area contributed by atoms with Gasteiger partial charge in [-0.05, 0) is 19.3 Å². The lowest BCUT2D eigenvalue weighted by atomic mass is 10.0. The average Bonchev–Trinajstić information content (AvgIpc) is 2.48. The molecule has 1 saturated heterocycles. The maximum atomic E-state index is 11.3. The molecule has 0 bridgehead atoms. The fourth-order valence-corrected chi connectivity index (χ4v) is 2.67. The third-order valence-corrected chi connectivity index (χ3v) is 3.93. The minimum atomic E-state index is -0.0612. The Balaban J connectivity index is 1.78. The van der Waals surface area contributed by atoms with Gasteiger partial charge in [-0.15, -0.1) is 0 Å². The van der Waals surface area contributed by atoms with Gasteiger partial charge in [0.2, 0.25) is 0 Å². The van der Waals surface area contributed by atoms with E-state index in [9.17, 15) is 4.79 Å². The molecule has 0 aliphatic carbocycles. The number of carbonyl (C=O) groups is 1. The molecule has 1 aliphatic heterocycles. The van der Waals surface area contributed by atoms with E-state index in [2.05, 4.69) is 36.0 Å². The van der Waals surface area contributed by atoms with E-state index in [1.165, 1.54) is 32.1 Å². The van der Waals surface area contributed by atoms with E-state index < -0.39 is 0 Å². The highest BCUT2D eigenvalue weighted by molar-refractivity contribution is 5.70. The van der Waals surface area contributed by atoms with Crippen molar-refractivity contribution < 1.29 is 14.1 Å². The molecule has 1 atom stereocenters. The van der Waals surface area contributed by atoms with E-state index in [4.69, 9.17) is 4.74 Å². The van der Waals surface area contributed by atoms with Crippen LogP contribution in [0.25, 0.3) is 0 Å². The molecule has 3 heteroatoms. The minimum Gasteiger partial charge on any atom is -0.457 e. The van der Waals surface area contributed by atoms with Crippen molar-refractivity contribution in [3.05, 3.63) is 30.1 Å². The predicted molar refractivity (Wildman–Crippen MR) is 78.1 cm³/mol. The molecule has 1 aromatic rings. The summed E-state index contributed by atoms with van der Waals surface area (Å²) >= 11 is 0. The number of aromatic nitrogens is 1. The largest absolute Gasteiger partial charge is 0.457 e. The maximum absolute atomic E-state index is 11.3. The Labute approximate surface area is 122 Å². The van der Waals surface area contributed by atoms with Gasteiger partial charge in [-0.2, -0.15) is 0 Å². The van der Waals surface area contributed by atoms with Gasteiger partial charge >= 0.3 is 5.97 Å². The monoisotopic (exact) mass is 276 g/mol. The van der Waals surface area contributed by atoms with Gasteiger partial charge in [-0.3, -0.25) is 4.79 Å². The first-order valence-electron chi connectivity index (χ1n) is 7.98. The summed E-state index contributed by atoms with van der Waals surface area (Å²) in [6.07, 6.45) is 13.2. The van der Waals surface area contributed by atoms with Gasteiger partial charge in [0.05, 0.1) is 0 Å². The van der Waals surface area contributed by atoms with Crippen LogP contribution >= 0.6 is 0 Å². The number of rotatable bonds is 7. The van der Waals surface area contributed by atoms with Crippen molar-refractivity contribution in [2.75, 3.05) is 0 Å².